The zero-order valence-corrected chi connectivity index (χ0v) is 12.3. The van der Waals surface area contributed by atoms with Crippen molar-refractivity contribution in [3.63, 3.8) is 0 Å². The van der Waals surface area contributed by atoms with Crippen molar-refractivity contribution in [2.45, 2.75) is 26.7 Å². The van der Waals surface area contributed by atoms with Gasteiger partial charge in [0.1, 0.15) is 5.82 Å². The Kier molecular flexibility index (Phi) is 7.42. The first-order valence-electron chi connectivity index (χ1n) is 6.05. The molecule has 1 aromatic carbocycles. The largest absolute Gasteiger partial charge is 0.352 e. The summed E-state index contributed by atoms with van der Waals surface area (Å²) in [6.07, 6.45) is -0.282. The fourth-order valence-corrected chi connectivity index (χ4v) is 1.95. The summed E-state index contributed by atoms with van der Waals surface area (Å²) in [4.78, 5) is 0. The molecule has 18 heavy (non-hydrogen) atoms. The number of ether oxygens (including phenoxy) is 2. The summed E-state index contributed by atoms with van der Waals surface area (Å²) in [7, 11) is 0. The third-order valence-electron chi connectivity index (χ3n) is 2.34. The maximum absolute atomic E-state index is 13.5. The number of rotatable bonds is 8. The number of hydrogen-bond donors (Lipinski definition) is 1. The maximum Gasteiger partial charge on any atom is 0.169 e. The van der Waals surface area contributed by atoms with Crippen molar-refractivity contribution in [2.75, 3.05) is 19.8 Å². The van der Waals surface area contributed by atoms with E-state index in [0.29, 0.717) is 31.9 Å². The molecule has 0 aliphatic heterocycles. The predicted octanol–water partition coefficient (Wildman–Crippen LogP) is 3.08. The SMILES string of the molecule is CCOC(CNCc1cc(Br)ccc1F)OCC. The minimum Gasteiger partial charge on any atom is -0.352 e. The maximum atomic E-state index is 13.5. The van der Waals surface area contributed by atoms with Crippen LogP contribution in [0.1, 0.15) is 19.4 Å². The minimum atomic E-state index is -0.282. The molecule has 0 amide bonds. The summed E-state index contributed by atoms with van der Waals surface area (Å²) in [5.41, 5.74) is 0.621. The Morgan fingerprint density at radius 2 is 1.94 bits per heavy atom. The van der Waals surface area contributed by atoms with Gasteiger partial charge in [-0.05, 0) is 32.0 Å². The Labute approximate surface area is 116 Å². The average Bonchev–Trinajstić information content (AvgIpc) is 2.34. The smallest absolute Gasteiger partial charge is 0.169 e. The molecule has 1 aromatic rings. The van der Waals surface area contributed by atoms with E-state index in [1.54, 1.807) is 12.1 Å². The zero-order valence-electron chi connectivity index (χ0n) is 10.7. The van der Waals surface area contributed by atoms with E-state index in [4.69, 9.17) is 9.47 Å². The quantitative estimate of drug-likeness (QED) is 0.747. The highest BCUT2D eigenvalue weighted by atomic mass is 79.9. The van der Waals surface area contributed by atoms with Gasteiger partial charge in [0.25, 0.3) is 0 Å². The van der Waals surface area contributed by atoms with Crippen molar-refractivity contribution in [3.8, 4) is 0 Å². The number of benzene rings is 1. The van der Waals surface area contributed by atoms with Crippen LogP contribution < -0.4 is 5.32 Å². The van der Waals surface area contributed by atoms with Gasteiger partial charge in [0, 0.05) is 36.3 Å². The molecule has 0 fully saturated rings. The van der Waals surface area contributed by atoms with Crippen LogP contribution in [0.15, 0.2) is 22.7 Å². The van der Waals surface area contributed by atoms with Crippen LogP contribution in [-0.4, -0.2) is 26.0 Å². The molecule has 5 heteroatoms. The first kappa shape index (κ1) is 15.6. The monoisotopic (exact) mass is 319 g/mol. The van der Waals surface area contributed by atoms with Crippen molar-refractivity contribution in [1.29, 1.82) is 0 Å². The molecule has 0 saturated heterocycles. The molecule has 102 valence electrons. The molecule has 0 spiro atoms. The Bertz CT molecular complexity index is 357. The zero-order chi connectivity index (χ0) is 13.4. The Balaban J connectivity index is 2.41. The van der Waals surface area contributed by atoms with Crippen LogP contribution in [0.2, 0.25) is 0 Å². The van der Waals surface area contributed by atoms with E-state index in [9.17, 15) is 4.39 Å². The molecule has 0 saturated carbocycles. The molecule has 1 N–H and O–H groups in total. The second-order valence-corrected chi connectivity index (χ2v) is 4.62. The topological polar surface area (TPSA) is 30.5 Å². The molecule has 0 atom stereocenters. The molecular formula is C13H19BrFNO2. The van der Waals surface area contributed by atoms with Crippen molar-refractivity contribution in [3.05, 3.63) is 34.1 Å². The second kappa shape index (κ2) is 8.58. The summed E-state index contributed by atoms with van der Waals surface area (Å²) in [5.74, 6) is -0.213. The van der Waals surface area contributed by atoms with Crippen molar-refractivity contribution < 1.29 is 13.9 Å². The highest BCUT2D eigenvalue weighted by molar-refractivity contribution is 9.10. The number of hydrogen-bond acceptors (Lipinski definition) is 3. The van der Waals surface area contributed by atoms with Crippen molar-refractivity contribution >= 4 is 15.9 Å². The lowest BCUT2D eigenvalue weighted by Crippen LogP contribution is -2.31. The number of nitrogens with one attached hydrogen (secondary N) is 1. The predicted molar refractivity (Wildman–Crippen MR) is 72.8 cm³/mol. The van der Waals surface area contributed by atoms with E-state index in [0.717, 1.165) is 4.47 Å². The minimum absolute atomic E-state index is 0.213. The van der Waals surface area contributed by atoms with Gasteiger partial charge in [-0.25, -0.2) is 4.39 Å². The average molecular weight is 320 g/mol. The van der Waals surface area contributed by atoms with E-state index < -0.39 is 0 Å². The lowest BCUT2D eigenvalue weighted by atomic mass is 10.2. The molecule has 0 heterocycles. The van der Waals surface area contributed by atoms with Crippen LogP contribution in [0.5, 0.6) is 0 Å². The lowest BCUT2D eigenvalue weighted by Gasteiger charge is -2.17. The van der Waals surface area contributed by atoms with Gasteiger partial charge >= 0.3 is 0 Å². The fraction of sp³-hybridized carbons (Fsp3) is 0.538. The standard InChI is InChI=1S/C13H19BrFNO2/c1-3-17-13(18-4-2)9-16-8-10-7-11(14)5-6-12(10)15/h5-7,13,16H,3-4,8-9H2,1-2H3. The van der Waals surface area contributed by atoms with Gasteiger partial charge in [0.05, 0.1) is 0 Å². The summed E-state index contributed by atoms with van der Waals surface area (Å²) in [6.45, 7) is 6.00. The Morgan fingerprint density at radius 3 is 2.56 bits per heavy atom. The van der Waals surface area contributed by atoms with Crippen LogP contribution in [0, 0.1) is 5.82 Å². The van der Waals surface area contributed by atoms with Crippen LogP contribution >= 0.6 is 15.9 Å². The summed E-state index contributed by atoms with van der Waals surface area (Å²) >= 11 is 3.32. The third kappa shape index (κ3) is 5.44. The van der Waals surface area contributed by atoms with Crippen LogP contribution in [0.3, 0.4) is 0 Å². The molecule has 0 aliphatic rings. The van der Waals surface area contributed by atoms with Gasteiger partial charge in [-0.1, -0.05) is 15.9 Å². The fourth-order valence-electron chi connectivity index (χ4n) is 1.54. The first-order chi connectivity index (χ1) is 8.67. The molecule has 0 radical (unpaired) electrons. The van der Waals surface area contributed by atoms with E-state index in [1.807, 2.05) is 13.8 Å². The van der Waals surface area contributed by atoms with Crippen LogP contribution in [0.25, 0.3) is 0 Å². The summed E-state index contributed by atoms with van der Waals surface area (Å²) in [5, 5.41) is 3.13. The first-order valence-corrected chi connectivity index (χ1v) is 6.84. The molecule has 0 aromatic heterocycles. The Morgan fingerprint density at radius 1 is 1.28 bits per heavy atom. The normalized spacial score (nSPS) is 11.2. The van der Waals surface area contributed by atoms with Crippen LogP contribution in [-0.2, 0) is 16.0 Å². The molecule has 1 rings (SSSR count). The van der Waals surface area contributed by atoms with E-state index in [2.05, 4.69) is 21.2 Å². The van der Waals surface area contributed by atoms with E-state index in [-0.39, 0.29) is 12.1 Å². The number of halogens is 2. The molecule has 3 nitrogen and oxygen atoms in total. The van der Waals surface area contributed by atoms with Gasteiger partial charge in [-0.15, -0.1) is 0 Å². The van der Waals surface area contributed by atoms with Crippen LogP contribution in [0.4, 0.5) is 4.39 Å². The molecule has 0 unspecified atom stereocenters. The molecule has 0 bridgehead atoms. The second-order valence-electron chi connectivity index (χ2n) is 3.71. The summed E-state index contributed by atoms with van der Waals surface area (Å²) < 4.78 is 25.1. The van der Waals surface area contributed by atoms with Gasteiger partial charge in [0.2, 0.25) is 0 Å². The molecular weight excluding hydrogens is 301 g/mol. The van der Waals surface area contributed by atoms with E-state index in [1.165, 1.54) is 6.07 Å². The summed E-state index contributed by atoms with van der Waals surface area (Å²) in [6, 6.07) is 4.89. The van der Waals surface area contributed by atoms with Crippen molar-refractivity contribution in [1.82, 2.24) is 5.32 Å². The highest BCUT2D eigenvalue weighted by Gasteiger charge is 2.08. The van der Waals surface area contributed by atoms with Gasteiger partial charge < -0.3 is 14.8 Å². The van der Waals surface area contributed by atoms with Crippen molar-refractivity contribution in [2.24, 2.45) is 0 Å². The third-order valence-corrected chi connectivity index (χ3v) is 2.83. The van der Waals surface area contributed by atoms with Gasteiger partial charge in [0.15, 0.2) is 6.29 Å². The lowest BCUT2D eigenvalue weighted by molar-refractivity contribution is -0.133. The van der Waals surface area contributed by atoms with Gasteiger partial charge in [-0.3, -0.25) is 0 Å². The Hall–Kier alpha value is -0.490. The van der Waals surface area contributed by atoms with Gasteiger partial charge in [-0.2, -0.15) is 0 Å². The van der Waals surface area contributed by atoms with E-state index >= 15 is 0 Å². The highest BCUT2D eigenvalue weighted by Crippen LogP contribution is 2.15. The molecule has 0 aliphatic carbocycles.